The van der Waals surface area contributed by atoms with Gasteiger partial charge >= 0.3 is 0 Å². The van der Waals surface area contributed by atoms with Crippen LogP contribution in [0.15, 0.2) is 42.5 Å². The standard InChI is InChI=1S/C17H18O3/c18-16-15-13-7-6-12(8-13)14(15)10-20-17(16)19-9-11-4-2-1-3-5-11/h1-7,12-15,17H,8-10H2/t12-,13+,14-,15+,17-/m1/s1. The monoisotopic (exact) mass is 270 g/mol. The highest BCUT2D eigenvalue weighted by molar-refractivity contribution is 5.86. The number of carbonyl (C=O) groups is 1. The van der Waals surface area contributed by atoms with E-state index in [0.29, 0.717) is 31.0 Å². The zero-order valence-electron chi connectivity index (χ0n) is 11.3. The number of carbonyl (C=O) groups excluding carboxylic acids is 1. The second kappa shape index (κ2) is 4.83. The number of hydrogen-bond acceptors (Lipinski definition) is 3. The Kier molecular flexibility index (Phi) is 2.97. The Balaban J connectivity index is 1.43. The first-order valence-corrected chi connectivity index (χ1v) is 7.32. The van der Waals surface area contributed by atoms with E-state index in [-0.39, 0.29) is 11.7 Å². The summed E-state index contributed by atoms with van der Waals surface area (Å²) >= 11 is 0. The van der Waals surface area contributed by atoms with Gasteiger partial charge in [-0.05, 0) is 29.7 Å². The van der Waals surface area contributed by atoms with E-state index in [9.17, 15) is 4.79 Å². The van der Waals surface area contributed by atoms with Crippen molar-refractivity contribution < 1.29 is 14.3 Å². The van der Waals surface area contributed by atoms with Crippen molar-refractivity contribution in [3.8, 4) is 0 Å². The maximum Gasteiger partial charge on any atom is 0.218 e. The van der Waals surface area contributed by atoms with Crippen molar-refractivity contribution in [2.24, 2.45) is 23.7 Å². The third kappa shape index (κ3) is 1.93. The summed E-state index contributed by atoms with van der Waals surface area (Å²) in [6, 6.07) is 9.91. The molecule has 0 spiro atoms. The normalized spacial score (nSPS) is 38.2. The van der Waals surface area contributed by atoms with Gasteiger partial charge < -0.3 is 9.47 Å². The van der Waals surface area contributed by atoms with Gasteiger partial charge in [-0.1, -0.05) is 42.5 Å². The Morgan fingerprint density at radius 3 is 2.80 bits per heavy atom. The summed E-state index contributed by atoms with van der Waals surface area (Å²) in [6.45, 7) is 1.08. The van der Waals surface area contributed by atoms with Crippen LogP contribution in [0.5, 0.6) is 0 Å². The predicted octanol–water partition coefficient (Wildman–Crippen LogP) is 2.57. The summed E-state index contributed by atoms with van der Waals surface area (Å²) in [7, 11) is 0. The van der Waals surface area contributed by atoms with Crippen molar-refractivity contribution in [2.75, 3.05) is 6.61 Å². The molecule has 0 unspecified atom stereocenters. The first kappa shape index (κ1) is 12.3. The molecule has 3 heteroatoms. The molecular weight excluding hydrogens is 252 g/mol. The Hall–Kier alpha value is -1.45. The van der Waals surface area contributed by atoms with Crippen molar-refractivity contribution in [1.29, 1.82) is 0 Å². The molecule has 4 rings (SSSR count). The number of ketones is 1. The number of benzene rings is 1. The quantitative estimate of drug-likeness (QED) is 0.792. The second-order valence-corrected chi connectivity index (χ2v) is 6.00. The molecule has 0 radical (unpaired) electrons. The lowest BCUT2D eigenvalue weighted by atomic mass is 9.79. The molecule has 1 heterocycles. The minimum Gasteiger partial charge on any atom is -0.346 e. The van der Waals surface area contributed by atoms with Gasteiger partial charge in [-0.25, -0.2) is 0 Å². The zero-order chi connectivity index (χ0) is 13.5. The first-order valence-electron chi connectivity index (χ1n) is 7.32. The summed E-state index contributed by atoms with van der Waals surface area (Å²) in [5, 5.41) is 0. The van der Waals surface area contributed by atoms with Gasteiger partial charge in [0.1, 0.15) is 0 Å². The fraction of sp³-hybridized carbons (Fsp3) is 0.471. The third-order valence-corrected chi connectivity index (χ3v) is 4.87. The molecule has 20 heavy (non-hydrogen) atoms. The fourth-order valence-corrected chi connectivity index (χ4v) is 3.89. The molecule has 2 bridgehead atoms. The van der Waals surface area contributed by atoms with Gasteiger partial charge in [0.2, 0.25) is 6.29 Å². The third-order valence-electron chi connectivity index (χ3n) is 4.87. The maximum absolute atomic E-state index is 12.5. The lowest BCUT2D eigenvalue weighted by Crippen LogP contribution is -2.45. The number of Topliss-reactive ketones (excluding diaryl/α,β-unsaturated/α-hetero) is 1. The molecule has 2 fully saturated rings. The van der Waals surface area contributed by atoms with E-state index in [1.807, 2.05) is 30.3 Å². The Labute approximate surface area is 118 Å². The van der Waals surface area contributed by atoms with E-state index in [2.05, 4.69) is 12.2 Å². The molecule has 3 nitrogen and oxygen atoms in total. The van der Waals surface area contributed by atoms with Crippen LogP contribution in [0, 0.1) is 23.7 Å². The van der Waals surface area contributed by atoms with Gasteiger partial charge in [-0.2, -0.15) is 0 Å². The highest BCUT2D eigenvalue weighted by Crippen LogP contribution is 2.50. The van der Waals surface area contributed by atoms with Crippen LogP contribution < -0.4 is 0 Å². The van der Waals surface area contributed by atoms with Gasteiger partial charge in [-0.15, -0.1) is 0 Å². The van der Waals surface area contributed by atoms with Gasteiger partial charge in [-0.3, -0.25) is 4.79 Å². The molecule has 0 amide bonds. The average Bonchev–Trinajstić information content (AvgIpc) is 3.09. The number of ether oxygens (including phenoxy) is 2. The molecule has 1 saturated carbocycles. The van der Waals surface area contributed by atoms with E-state index >= 15 is 0 Å². The van der Waals surface area contributed by atoms with Crippen LogP contribution in [-0.4, -0.2) is 18.7 Å². The van der Waals surface area contributed by atoms with Crippen molar-refractivity contribution in [1.82, 2.24) is 0 Å². The van der Waals surface area contributed by atoms with E-state index in [0.717, 1.165) is 12.0 Å². The molecule has 1 aliphatic heterocycles. The summed E-state index contributed by atoms with van der Waals surface area (Å²) in [4.78, 5) is 12.5. The average molecular weight is 270 g/mol. The van der Waals surface area contributed by atoms with Crippen LogP contribution in [0.3, 0.4) is 0 Å². The molecular formula is C17H18O3. The summed E-state index contributed by atoms with van der Waals surface area (Å²) in [5.41, 5.74) is 1.07. The Morgan fingerprint density at radius 1 is 1.15 bits per heavy atom. The second-order valence-electron chi connectivity index (χ2n) is 6.00. The smallest absolute Gasteiger partial charge is 0.218 e. The first-order chi connectivity index (χ1) is 9.83. The lowest BCUT2D eigenvalue weighted by Gasteiger charge is -2.35. The minimum absolute atomic E-state index is 0.125. The van der Waals surface area contributed by atoms with E-state index in [4.69, 9.17) is 9.47 Å². The van der Waals surface area contributed by atoms with Crippen LogP contribution in [0.25, 0.3) is 0 Å². The highest BCUT2D eigenvalue weighted by Gasteiger charge is 2.52. The van der Waals surface area contributed by atoms with Crippen LogP contribution in [-0.2, 0) is 20.9 Å². The molecule has 0 aromatic heterocycles. The zero-order valence-corrected chi connectivity index (χ0v) is 11.3. The molecule has 1 aromatic rings. The van der Waals surface area contributed by atoms with Crippen molar-refractivity contribution in [3.05, 3.63) is 48.0 Å². The van der Waals surface area contributed by atoms with Crippen molar-refractivity contribution >= 4 is 5.78 Å². The summed E-state index contributed by atoms with van der Waals surface area (Å²) in [5.74, 6) is 1.62. The number of allylic oxidation sites excluding steroid dienone is 2. The van der Waals surface area contributed by atoms with Gasteiger partial charge in [0.25, 0.3) is 0 Å². The van der Waals surface area contributed by atoms with Crippen LogP contribution >= 0.6 is 0 Å². The van der Waals surface area contributed by atoms with Gasteiger partial charge in [0.15, 0.2) is 5.78 Å². The number of fused-ring (bicyclic) bond motifs is 5. The minimum atomic E-state index is -0.677. The van der Waals surface area contributed by atoms with Crippen molar-refractivity contribution in [2.45, 2.75) is 19.3 Å². The predicted molar refractivity (Wildman–Crippen MR) is 73.7 cm³/mol. The fourth-order valence-electron chi connectivity index (χ4n) is 3.89. The number of rotatable bonds is 3. The lowest BCUT2D eigenvalue weighted by molar-refractivity contribution is -0.198. The maximum atomic E-state index is 12.5. The van der Waals surface area contributed by atoms with Crippen molar-refractivity contribution in [3.63, 3.8) is 0 Å². The van der Waals surface area contributed by atoms with Gasteiger partial charge in [0.05, 0.1) is 13.2 Å². The van der Waals surface area contributed by atoms with E-state index in [1.165, 1.54) is 0 Å². The molecule has 3 aliphatic rings. The molecule has 104 valence electrons. The van der Waals surface area contributed by atoms with E-state index < -0.39 is 6.29 Å². The molecule has 0 N–H and O–H groups in total. The largest absolute Gasteiger partial charge is 0.346 e. The van der Waals surface area contributed by atoms with Crippen LogP contribution in [0.1, 0.15) is 12.0 Å². The number of hydrogen-bond donors (Lipinski definition) is 0. The van der Waals surface area contributed by atoms with Crippen LogP contribution in [0.4, 0.5) is 0 Å². The highest BCUT2D eigenvalue weighted by atomic mass is 16.7. The van der Waals surface area contributed by atoms with Crippen LogP contribution in [0.2, 0.25) is 0 Å². The summed E-state index contributed by atoms with van der Waals surface area (Å²) < 4.78 is 11.4. The summed E-state index contributed by atoms with van der Waals surface area (Å²) in [6.07, 6.45) is 4.91. The topological polar surface area (TPSA) is 35.5 Å². The Morgan fingerprint density at radius 2 is 1.95 bits per heavy atom. The molecule has 1 aromatic carbocycles. The SMILES string of the molecule is O=C1[C@H](OCc2ccccc2)OC[C@H]2[C@@H]1[C@H]1C=C[C@@H]2C1. The van der Waals surface area contributed by atoms with Gasteiger partial charge in [0, 0.05) is 5.92 Å². The molecule has 5 atom stereocenters. The molecule has 2 aliphatic carbocycles. The molecule has 1 saturated heterocycles. The Bertz CT molecular complexity index is 536. The van der Waals surface area contributed by atoms with E-state index in [1.54, 1.807) is 0 Å².